The minimum atomic E-state index is -0.605. The minimum absolute atomic E-state index is 0.132. The number of esters is 1. The van der Waals surface area contributed by atoms with Crippen LogP contribution >= 0.6 is 15.9 Å². The fraction of sp³-hybridized carbons (Fsp3) is 0.185. The van der Waals surface area contributed by atoms with Crippen molar-refractivity contribution in [2.75, 3.05) is 21.0 Å². The van der Waals surface area contributed by atoms with Gasteiger partial charge in [-0.15, -0.1) is 0 Å². The van der Waals surface area contributed by atoms with Crippen LogP contribution in [0.3, 0.4) is 0 Å². The van der Waals surface area contributed by atoms with E-state index in [0.717, 1.165) is 10.0 Å². The van der Waals surface area contributed by atoms with Gasteiger partial charge in [-0.25, -0.2) is 4.79 Å². The molecule has 9 heteroatoms. The Morgan fingerprint density at radius 1 is 1.00 bits per heavy atom. The second-order valence-corrected chi connectivity index (χ2v) is 9.05. The van der Waals surface area contributed by atoms with Gasteiger partial charge in [-0.2, -0.15) is 0 Å². The van der Waals surface area contributed by atoms with Gasteiger partial charge in [-0.1, -0.05) is 15.9 Å². The number of Topliss-reactive ketones (excluding diaryl/α,β-unsaturated/α-hetero) is 1. The highest BCUT2D eigenvalue weighted by Crippen LogP contribution is 2.40. The molecule has 2 aliphatic heterocycles. The predicted octanol–water partition coefficient (Wildman–Crippen LogP) is 5.48. The summed E-state index contributed by atoms with van der Waals surface area (Å²) >= 11 is 3.49. The molecule has 0 atom stereocenters. The van der Waals surface area contributed by atoms with Crippen LogP contribution in [-0.4, -0.2) is 32.8 Å². The SMILES string of the molecule is COc1cc(OC)cc(C(=O)Oc2cc(C)c3c(c2)O/C(=C\c2cc(Br)cc4c2OCOC4)C3=O)c1. The van der Waals surface area contributed by atoms with E-state index in [1.54, 1.807) is 37.3 Å². The molecule has 0 saturated heterocycles. The normalized spacial score (nSPS) is 15.0. The molecule has 0 spiro atoms. The summed E-state index contributed by atoms with van der Waals surface area (Å²) in [5.74, 6) is 1.39. The molecule has 0 amide bonds. The van der Waals surface area contributed by atoms with E-state index in [4.69, 9.17) is 28.4 Å². The average Bonchev–Trinajstić information content (AvgIpc) is 3.18. The van der Waals surface area contributed by atoms with Gasteiger partial charge in [0, 0.05) is 27.7 Å². The van der Waals surface area contributed by atoms with Crippen molar-refractivity contribution in [1.82, 2.24) is 0 Å². The van der Waals surface area contributed by atoms with E-state index in [1.807, 2.05) is 12.1 Å². The van der Waals surface area contributed by atoms with Gasteiger partial charge in [-0.05, 0) is 48.9 Å². The smallest absolute Gasteiger partial charge is 0.343 e. The first-order chi connectivity index (χ1) is 17.4. The predicted molar refractivity (Wildman–Crippen MR) is 133 cm³/mol. The number of carbonyl (C=O) groups is 2. The van der Waals surface area contributed by atoms with E-state index in [-0.39, 0.29) is 29.6 Å². The van der Waals surface area contributed by atoms with Gasteiger partial charge in [0.25, 0.3) is 0 Å². The lowest BCUT2D eigenvalue weighted by Gasteiger charge is -2.20. The number of hydrogen-bond donors (Lipinski definition) is 0. The van der Waals surface area contributed by atoms with Crippen LogP contribution in [0.2, 0.25) is 0 Å². The standard InChI is InChI=1S/C27H21BrO8/c1-14-4-21(35-27(30)16-7-19(31-2)10-20(8-16)32-3)11-22-24(14)25(29)23(36-22)9-15-5-18(28)6-17-12-33-13-34-26(15)17/h4-11H,12-13H2,1-3H3/b23-9-. The third kappa shape index (κ3) is 4.55. The highest BCUT2D eigenvalue weighted by atomic mass is 79.9. The number of benzene rings is 3. The Morgan fingerprint density at radius 2 is 1.75 bits per heavy atom. The van der Waals surface area contributed by atoms with Crippen molar-refractivity contribution in [3.8, 4) is 28.7 Å². The number of ether oxygens (including phenoxy) is 6. The van der Waals surface area contributed by atoms with Gasteiger partial charge < -0.3 is 28.4 Å². The summed E-state index contributed by atoms with van der Waals surface area (Å²) in [5.41, 5.74) is 2.84. The number of fused-ring (bicyclic) bond motifs is 2. The van der Waals surface area contributed by atoms with E-state index < -0.39 is 5.97 Å². The molecule has 5 rings (SSSR count). The Bertz CT molecular complexity index is 1400. The van der Waals surface area contributed by atoms with Crippen molar-refractivity contribution >= 4 is 33.8 Å². The number of hydrogen-bond acceptors (Lipinski definition) is 8. The number of rotatable bonds is 5. The molecular formula is C27H21BrO8. The van der Waals surface area contributed by atoms with Gasteiger partial charge >= 0.3 is 5.97 Å². The lowest BCUT2D eigenvalue weighted by atomic mass is 10.0. The van der Waals surface area contributed by atoms with E-state index >= 15 is 0 Å². The minimum Gasteiger partial charge on any atom is -0.497 e. The molecule has 2 heterocycles. The first-order valence-electron chi connectivity index (χ1n) is 10.9. The van der Waals surface area contributed by atoms with Gasteiger partial charge in [0.05, 0.1) is 32.0 Å². The Balaban J connectivity index is 1.43. The van der Waals surface area contributed by atoms with E-state index in [1.165, 1.54) is 20.3 Å². The molecule has 0 N–H and O–H groups in total. The summed E-state index contributed by atoms with van der Waals surface area (Å²) in [4.78, 5) is 26.0. The summed E-state index contributed by atoms with van der Waals surface area (Å²) in [7, 11) is 2.99. The number of methoxy groups -OCH3 is 2. The molecule has 0 unspecified atom stereocenters. The molecule has 0 aromatic heterocycles. The molecule has 0 fully saturated rings. The van der Waals surface area contributed by atoms with Crippen molar-refractivity contribution < 1.29 is 38.0 Å². The van der Waals surface area contributed by atoms with Gasteiger partial charge in [0.15, 0.2) is 12.6 Å². The van der Waals surface area contributed by atoms with E-state index in [9.17, 15) is 9.59 Å². The monoisotopic (exact) mass is 552 g/mol. The summed E-state index contributed by atoms with van der Waals surface area (Å²) < 4.78 is 33.8. The Morgan fingerprint density at radius 3 is 2.47 bits per heavy atom. The van der Waals surface area contributed by atoms with Crippen LogP contribution in [0.4, 0.5) is 0 Å². The third-order valence-electron chi connectivity index (χ3n) is 5.73. The molecule has 8 nitrogen and oxygen atoms in total. The quantitative estimate of drug-likeness (QED) is 0.233. The largest absolute Gasteiger partial charge is 0.497 e. The molecular weight excluding hydrogens is 532 g/mol. The average molecular weight is 553 g/mol. The second-order valence-electron chi connectivity index (χ2n) is 8.14. The van der Waals surface area contributed by atoms with Crippen LogP contribution < -0.4 is 23.7 Å². The number of carbonyl (C=O) groups excluding carboxylic acids is 2. The molecule has 36 heavy (non-hydrogen) atoms. The van der Waals surface area contributed by atoms with Crippen LogP contribution in [-0.2, 0) is 11.3 Å². The maximum absolute atomic E-state index is 13.2. The molecule has 0 aliphatic carbocycles. The maximum Gasteiger partial charge on any atom is 0.343 e. The molecule has 3 aromatic carbocycles. The van der Waals surface area contributed by atoms with Crippen molar-refractivity contribution in [2.24, 2.45) is 0 Å². The molecule has 184 valence electrons. The summed E-state index contributed by atoms with van der Waals surface area (Å²) in [6.07, 6.45) is 1.64. The maximum atomic E-state index is 13.2. The van der Waals surface area contributed by atoms with Crippen molar-refractivity contribution in [3.05, 3.63) is 80.5 Å². The molecule has 0 radical (unpaired) electrons. The third-order valence-corrected chi connectivity index (χ3v) is 6.19. The topological polar surface area (TPSA) is 89.5 Å². The zero-order valence-corrected chi connectivity index (χ0v) is 21.3. The zero-order chi connectivity index (χ0) is 25.4. The number of halogens is 1. The van der Waals surface area contributed by atoms with Crippen molar-refractivity contribution in [1.29, 1.82) is 0 Å². The molecule has 3 aromatic rings. The van der Waals surface area contributed by atoms with Crippen molar-refractivity contribution in [3.63, 3.8) is 0 Å². The highest BCUT2D eigenvalue weighted by molar-refractivity contribution is 9.10. The van der Waals surface area contributed by atoms with Crippen molar-refractivity contribution in [2.45, 2.75) is 13.5 Å². The highest BCUT2D eigenvalue weighted by Gasteiger charge is 2.31. The number of aryl methyl sites for hydroxylation is 1. The molecule has 0 bridgehead atoms. The summed E-state index contributed by atoms with van der Waals surface area (Å²) in [6, 6.07) is 11.7. The summed E-state index contributed by atoms with van der Waals surface area (Å²) in [5, 5.41) is 0. The van der Waals surface area contributed by atoms with E-state index in [2.05, 4.69) is 15.9 Å². The van der Waals surface area contributed by atoms with Gasteiger partial charge in [0.2, 0.25) is 5.78 Å². The van der Waals surface area contributed by atoms with Crippen LogP contribution in [0, 0.1) is 6.92 Å². The van der Waals surface area contributed by atoms with Gasteiger partial charge in [-0.3, -0.25) is 4.79 Å². The fourth-order valence-corrected chi connectivity index (χ4v) is 4.61. The van der Waals surface area contributed by atoms with Crippen LogP contribution in [0.1, 0.15) is 37.4 Å². The molecule has 2 aliphatic rings. The van der Waals surface area contributed by atoms with Gasteiger partial charge in [0.1, 0.15) is 28.7 Å². The zero-order valence-electron chi connectivity index (χ0n) is 19.7. The fourth-order valence-electron chi connectivity index (χ4n) is 4.08. The Kier molecular flexibility index (Phi) is 6.42. The number of allylic oxidation sites excluding steroid dienone is 1. The van der Waals surface area contributed by atoms with E-state index in [0.29, 0.717) is 46.3 Å². The number of ketones is 1. The molecule has 0 saturated carbocycles. The Hall–Kier alpha value is -3.82. The lowest BCUT2D eigenvalue weighted by Crippen LogP contribution is -2.12. The van der Waals surface area contributed by atoms with Crippen LogP contribution in [0.5, 0.6) is 28.7 Å². The Labute approximate surface area is 215 Å². The van der Waals surface area contributed by atoms with Crippen LogP contribution in [0.15, 0.2) is 52.7 Å². The summed E-state index contributed by atoms with van der Waals surface area (Å²) in [6.45, 7) is 2.30. The lowest BCUT2D eigenvalue weighted by molar-refractivity contribution is -0.0165. The second kappa shape index (κ2) is 9.67. The van der Waals surface area contributed by atoms with Crippen LogP contribution in [0.25, 0.3) is 6.08 Å². The first kappa shape index (κ1) is 23.9. The first-order valence-corrected chi connectivity index (χ1v) is 11.7.